The van der Waals surface area contributed by atoms with Crippen molar-refractivity contribution < 1.29 is 8.60 Å². The minimum Gasteiger partial charge on any atom is -0.254 e. The highest BCUT2D eigenvalue weighted by Crippen LogP contribution is 2.21. The number of hydrogen-bond acceptors (Lipinski definition) is 3. The zero-order valence-corrected chi connectivity index (χ0v) is 11.9. The van der Waals surface area contributed by atoms with Crippen LogP contribution >= 0.6 is 11.3 Å². The molecule has 0 N–H and O–H groups in total. The Hall–Kier alpha value is -1.07. The maximum absolute atomic E-state index is 13.0. The van der Waals surface area contributed by atoms with Crippen molar-refractivity contribution in [3.8, 4) is 0 Å². The standard InChI is InChI=1S/C13H14FNOS2/c1-9(2)13-15-11(7-17-13)8-18(16)12-5-3-4-10(14)6-12/h3-7,9H,8H2,1-2H3. The van der Waals surface area contributed by atoms with Gasteiger partial charge in [0.1, 0.15) is 5.82 Å². The monoisotopic (exact) mass is 283 g/mol. The van der Waals surface area contributed by atoms with Gasteiger partial charge in [-0.15, -0.1) is 11.3 Å². The predicted octanol–water partition coefficient (Wildman–Crippen LogP) is 3.71. The molecule has 0 bridgehead atoms. The van der Waals surface area contributed by atoms with Gasteiger partial charge in [-0.05, 0) is 18.2 Å². The maximum Gasteiger partial charge on any atom is 0.124 e. The first-order chi connectivity index (χ1) is 8.56. The van der Waals surface area contributed by atoms with Crippen LogP contribution in [0.1, 0.15) is 30.5 Å². The number of benzene rings is 1. The molecule has 1 unspecified atom stereocenters. The van der Waals surface area contributed by atoms with Gasteiger partial charge in [-0.25, -0.2) is 9.37 Å². The normalized spacial score (nSPS) is 12.9. The van der Waals surface area contributed by atoms with Crippen molar-refractivity contribution >= 4 is 22.1 Å². The largest absolute Gasteiger partial charge is 0.254 e. The first-order valence-corrected chi connectivity index (χ1v) is 7.84. The third kappa shape index (κ3) is 3.23. The molecule has 0 aliphatic heterocycles. The minimum absolute atomic E-state index is 0.340. The molecular formula is C13H14FNOS2. The molecule has 0 amide bonds. The van der Waals surface area contributed by atoms with E-state index in [2.05, 4.69) is 18.8 Å². The highest BCUT2D eigenvalue weighted by molar-refractivity contribution is 7.84. The van der Waals surface area contributed by atoms with Crippen molar-refractivity contribution in [2.45, 2.75) is 30.4 Å². The molecule has 96 valence electrons. The lowest BCUT2D eigenvalue weighted by molar-refractivity contribution is 0.622. The topological polar surface area (TPSA) is 30.0 Å². The summed E-state index contributed by atoms with van der Waals surface area (Å²) >= 11 is 1.58. The molecule has 1 aromatic carbocycles. The van der Waals surface area contributed by atoms with E-state index in [-0.39, 0.29) is 5.82 Å². The van der Waals surface area contributed by atoms with E-state index in [1.807, 2.05) is 5.38 Å². The number of thiazole rings is 1. The Morgan fingerprint density at radius 2 is 2.22 bits per heavy atom. The smallest absolute Gasteiger partial charge is 0.124 e. The van der Waals surface area contributed by atoms with Crippen LogP contribution in [0.3, 0.4) is 0 Å². The van der Waals surface area contributed by atoms with Gasteiger partial charge in [0, 0.05) is 16.2 Å². The van der Waals surface area contributed by atoms with E-state index in [1.165, 1.54) is 12.1 Å². The van der Waals surface area contributed by atoms with E-state index in [9.17, 15) is 8.60 Å². The summed E-state index contributed by atoms with van der Waals surface area (Å²) in [6.45, 7) is 4.15. The number of hydrogen-bond donors (Lipinski definition) is 0. The van der Waals surface area contributed by atoms with E-state index >= 15 is 0 Å². The summed E-state index contributed by atoms with van der Waals surface area (Å²) in [7, 11) is -1.24. The average Bonchev–Trinajstić information content (AvgIpc) is 2.77. The predicted molar refractivity (Wildman–Crippen MR) is 72.7 cm³/mol. The number of rotatable bonds is 4. The summed E-state index contributed by atoms with van der Waals surface area (Å²) in [6, 6.07) is 5.91. The summed E-state index contributed by atoms with van der Waals surface area (Å²) in [5, 5.41) is 2.97. The second-order valence-corrected chi connectivity index (χ2v) is 6.62. The highest BCUT2D eigenvalue weighted by Gasteiger charge is 2.10. The van der Waals surface area contributed by atoms with E-state index in [0.717, 1.165) is 10.7 Å². The van der Waals surface area contributed by atoms with Crippen LogP contribution in [0.4, 0.5) is 4.39 Å². The molecule has 0 aliphatic rings. The molecule has 0 radical (unpaired) electrons. The molecule has 1 heterocycles. The Morgan fingerprint density at radius 1 is 1.44 bits per heavy atom. The van der Waals surface area contributed by atoms with Crippen molar-refractivity contribution in [1.29, 1.82) is 0 Å². The molecule has 0 spiro atoms. The first-order valence-electron chi connectivity index (χ1n) is 5.64. The Kier molecular flexibility index (Phi) is 4.24. The van der Waals surface area contributed by atoms with Crippen LogP contribution in [0, 0.1) is 5.82 Å². The van der Waals surface area contributed by atoms with Gasteiger partial charge in [-0.1, -0.05) is 19.9 Å². The maximum atomic E-state index is 13.0. The minimum atomic E-state index is -1.24. The molecule has 0 fully saturated rings. The van der Waals surface area contributed by atoms with Crippen molar-refractivity contribution in [2.24, 2.45) is 0 Å². The van der Waals surface area contributed by atoms with Crippen LogP contribution in [0.15, 0.2) is 34.5 Å². The Balaban J connectivity index is 2.11. The summed E-state index contributed by atoms with van der Waals surface area (Å²) < 4.78 is 25.1. The Labute approximate surface area is 112 Å². The van der Waals surface area contributed by atoms with Gasteiger partial charge in [0.05, 0.1) is 27.3 Å². The molecule has 2 rings (SSSR count). The van der Waals surface area contributed by atoms with Crippen LogP contribution < -0.4 is 0 Å². The summed E-state index contributed by atoms with van der Waals surface area (Å²) in [4.78, 5) is 4.94. The zero-order chi connectivity index (χ0) is 13.1. The number of halogens is 1. The molecule has 0 aliphatic carbocycles. The second kappa shape index (κ2) is 5.71. The van der Waals surface area contributed by atoms with Gasteiger partial charge >= 0.3 is 0 Å². The third-order valence-corrected chi connectivity index (χ3v) is 4.93. The van der Waals surface area contributed by atoms with E-state index in [4.69, 9.17) is 0 Å². The van der Waals surface area contributed by atoms with Crippen LogP contribution in [-0.4, -0.2) is 9.19 Å². The molecule has 2 nitrogen and oxygen atoms in total. The molecule has 18 heavy (non-hydrogen) atoms. The summed E-state index contributed by atoms with van der Waals surface area (Å²) in [5.41, 5.74) is 0.811. The van der Waals surface area contributed by atoms with Crippen LogP contribution in [-0.2, 0) is 16.6 Å². The van der Waals surface area contributed by atoms with Crippen LogP contribution in [0.2, 0.25) is 0 Å². The van der Waals surface area contributed by atoms with Crippen molar-refractivity contribution in [2.75, 3.05) is 0 Å². The highest BCUT2D eigenvalue weighted by atomic mass is 32.2. The lowest BCUT2D eigenvalue weighted by Crippen LogP contribution is -1.98. The lowest BCUT2D eigenvalue weighted by atomic mass is 10.2. The van der Waals surface area contributed by atoms with Crippen LogP contribution in [0.25, 0.3) is 0 Å². The molecule has 1 aromatic heterocycles. The van der Waals surface area contributed by atoms with Gasteiger partial charge in [0.15, 0.2) is 0 Å². The van der Waals surface area contributed by atoms with Crippen molar-refractivity contribution in [3.63, 3.8) is 0 Å². The molecule has 0 saturated heterocycles. The molecule has 5 heteroatoms. The lowest BCUT2D eigenvalue weighted by Gasteiger charge is -2.00. The summed E-state index contributed by atoms with van der Waals surface area (Å²) in [6.07, 6.45) is 0. The molecule has 0 saturated carbocycles. The SMILES string of the molecule is CC(C)c1nc(CS(=O)c2cccc(F)c2)cs1. The Bertz CT molecular complexity index is 566. The Morgan fingerprint density at radius 3 is 2.83 bits per heavy atom. The van der Waals surface area contributed by atoms with Crippen molar-refractivity contribution in [1.82, 2.24) is 4.98 Å². The number of nitrogens with zero attached hydrogens (tertiary/aromatic N) is 1. The van der Waals surface area contributed by atoms with Gasteiger partial charge in [0.25, 0.3) is 0 Å². The van der Waals surface area contributed by atoms with E-state index in [1.54, 1.807) is 23.5 Å². The van der Waals surface area contributed by atoms with Gasteiger partial charge in [-0.3, -0.25) is 4.21 Å². The van der Waals surface area contributed by atoms with Crippen molar-refractivity contribution in [3.05, 3.63) is 46.2 Å². The fourth-order valence-corrected chi connectivity index (χ4v) is 3.48. The third-order valence-electron chi connectivity index (χ3n) is 2.40. The summed E-state index contributed by atoms with van der Waals surface area (Å²) in [5.74, 6) is 0.362. The first kappa shape index (κ1) is 13.4. The quantitative estimate of drug-likeness (QED) is 0.856. The fraction of sp³-hybridized carbons (Fsp3) is 0.308. The molecular weight excluding hydrogens is 269 g/mol. The van der Waals surface area contributed by atoms with E-state index in [0.29, 0.717) is 16.6 Å². The van der Waals surface area contributed by atoms with Gasteiger partial charge in [-0.2, -0.15) is 0 Å². The second-order valence-electron chi connectivity index (χ2n) is 4.28. The van der Waals surface area contributed by atoms with Gasteiger partial charge < -0.3 is 0 Å². The van der Waals surface area contributed by atoms with Crippen LogP contribution in [0.5, 0.6) is 0 Å². The molecule has 2 aromatic rings. The number of aromatic nitrogens is 1. The molecule has 1 atom stereocenters. The average molecular weight is 283 g/mol. The zero-order valence-electron chi connectivity index (χ0n) is 10.2. The van der Waals surface area contributed by atoms with Gasteiger partial charge in [0.2, 0.25) is 0 Å². The van der Waals surface area contributed by atoms with E-state index < -0.39 is 10.8 Å². The fourth-order valence-electron chi connectivity index (χ4n) is 1.48.